The summed E-state index contributed by atoms with van der Waals surface area (Å²) in [4.78, 5) is 0. The van der Waals surface area contributed by atoms with Crippen LogP contribution in [0.5, 0.6) is 11.5 Å². The van der Waals surface area contributed by atoms with Gasteiger partial charge >= 0.3 is 0 Å². The number of rotatable bonds is 9. The molecule has 3 nitrogen and oxygen atoms in total. The first-order chi connectivity index (χ1) is 23.0. The molecule has 0 saturated carbocycles. The van der Waals surface area contributed by atoms with Crippen LogP contribution >= 0.6 is 0 Å². The lowest BCUT2D eigenvalue weighted by atomic mass is 9.65. The Morgan fingerprint density at radius 2 is 1.43 bits per heavy atom. The van der Waals surface area contributed by atoms with Crippen LogP contribution in [0.2, 0.25) is 0 Å². The van der Waals surface area contributed by atoms with Gasteiger partial charge in [-0.05, 0) is 100 Å². The minimum atomic E-state index is 0.350. The number of ether oxygens (including phenoxy) is 1. The summed E-state index contributed by atoms with van der Waals surface area (Å²) in [6.45, 7) is 5.14. The summed E-state index contributed by atoms with van der Waals surface area (Å²) in [6.07, 6.45) is 11.5. The van der Waals surface area contributed by atoms with E-state index in [1.165, 1.54) is 84.0 Å². The molecule has 0 heterocycles. The number of fused-ring (bicyclic) bond motifs is 6. The minimum absolute atomic E-state index is 0.350. The standard InChI is InChI=1S/C34H37NO.C10H8O/c1-3-5-18-34(19-6-4-2)20-17-30-28(22-34)15-16-31-29-10-8-7-9-27(29)21-32(33(30)31)36-24-26-13-11-25(23-35)12-14-26;11-10-7-3-5-8-4-1-2-6-9(8)10/h7-16,21H,3-6,17-20,22,24H2,1-2H3;1-7,11H. The third kappa shape index (κ3) is 7.13. The lowest BCUT2D eigenvalue weighted by Gasteiger charge is -2.39. The van der Waals surface area contributed by atoms with Crippen LogP contribution in [0, 0.1) is 16.7 Å². The van der Waals surface area contributed by atoms with Crippen molar-refractivity contribution in [3.05, 3.63) is 131 Å². The fourth-order valence-corrected chi connectivity index (χ4v) is 7.43. The van der Waals surface area contributed by atoms with Crippen LogP contribution in [-0.2, 0) is 19.4 Å². The van der Waals surface area contributed by atoms with Crippen molar-refractivity contribution in [2.45, 2.75) is 78.2 Å². The van der Waals surface area contributed by atoms with Crippen molar-refractivity contribution in [1.82, 2.24) is 0 Å². The Morgan fingerprint density at radius 1 is 0.745 bits per heavy atom. The Bertz CT molecular complexity index is 2010. The van der Waals surface area contributed by atoms with E-state index in [4.69, 9.17) is 10.00 Å². The van der Waals surface area contributed by atoms with E-state index < -0.39 is 0 Å². The van der Waals surface area contributed by atoms with Crippen LogP contribution < -0.4 is 4.74 Å². The molecule has 0 amide bonds. The van der Waals surface area contributed by atoms with Gasteiger partial charge in [-0.1, -0.05) is 124 Å². The maximum atomic E-state index is 9.37. The molecule has 0 saturated heterocycles. The first kappa shape index (κ1) is 32.1. The van der Waals surface area contributed by atoms with Crippen LogP contribution in [0.4, 0.5) is 0 Å². The summed E-state index contributed by atoms with van der Waals surface area (Å²) in [5, 5.41) is 25.6. The maximum absolute atomic E-state index is 9.37. The molecule has 0 aliphatic heterocycles. The van der Waals surface area contributed by atoms with Gasteiger partial charge in [0.25, 0.3) is 0 Å². The predicted molar refractivity (Wildman–Crippen MR) is 196 cm³/mol. The van der Waals surface area contributed by atoms with Crippen molar-refractivity contribution in [2.75, 3.05) is 0 Å². The van der Waals surface area contributed by atoms with Gasteiger partial charge in [0.2, 0.25) is 0 Å². The molecule has 0 spiro atoms. The molecule has 1 aliphatic rings. The highest BCUT2D eigenvalue weighted by Gasteiger charge is 2.34. The fraction of sp³-hybridized carbons (Fsp3) is 0.295. The molecule has 0 unspecified atom stereocenters. The topological polar surface area (TPSA) is 53.2 Å². The Kier molecular flexibility index (Phi) is 10.1. The molecular weight excluding hydrogens is 574 g/mol. The van der Waals surface area contributed by atoms with E-state index in [0.717, 1.165) is 28.5 Å². The molecule has 6 aromatic rings. The molecule has 0 bridgehead atoms. The van der Waals surface area contributed by atoms with Crippen molar-refractivity contribution in [1.29, 1.82) is 5.26 Å². The first-order valence-electron chi connectivity index (χ1n) is 17.3. The molecule has 6 aromatic carbocycles. The predicted octanol–water partition coefficient (Wildman–Crippen LogP) is 11.8. The number of hydrogen-bond donors (Lipinski definition) is 1. The molecule has 47 heavy (non-hydrogen) atoms. The SMILES string of the molecule is CCCCC1(CCCC)CCc2c(ccc3c2c(OCc2ccc(C#N)cc2)cc2ccccc23)C1.Oc1cccc2ccccc12. The van der Waals surface area contributed by atoms with Crippen LogP contribution in [-0.4, -0.2) is 5.11 Å². The number of phenols is 1. The van der Waals surface area contributed by atoms with Crippen molar-refractivity contribution in [3.8, 4) is 17.6 Å². The highest BCUT2D eigenvalue weighted by atomic mass is 16.5. The van der Waals surface area contributed by atoms with E-state index in [-0.39, 0.29) is 0 Å². The molecule has 1 aliphatic carbocycles. The summed E-state index contributed by atoms with van der Waals surface area (Å²) in [6, 6.07) is 38.9. The average molecular weight is 620 g/mol. The van der Waals surface area contributed by atoms with E-state index in [0.29, 0.717) is 23.3 Å². The monoisotopic (exact) mass is 619 g/mol. The van der Waals surface area contributed by atoms with Crippen LogP contribution in [0.1, 0.15) is 81.0 Å². The van der Waals surface area contributed by atoms with E-state index >= 15 is 0 Å². The number of nitrogens with zero attached hydrogens (tertiary/aromatic N) is 1. The summed E-state index contributed by atoms with van der Waals surface area (Å²) in [5.74, 6) is 1.34. The highest BCUT2D eigenvalue weighted by molar-refractivity contribution is 6.11. The van der Waals surface area contributed by atoms with E-state index in [1.807, 2.05) is 60.7 Å². The molecule has 7 rings (SSSR count). The molecule has 3 heteroatoms. The highest BCUT2D eigenvalue weighted by Crippen LogP contribution is 2.47. The fourth-order valence-electron chi connectivity index (χ4n) is 7.43. The number of aryl methyl sites for hydroxylation is 1. The Morgan fingerprint density at radius 3 is 2.13 bits per heavy atom. The summed E-state index contributed by atoms with van der Waals surface area (Å²) >= 11 is 0. The van der Waals surface area contributed by atoms with Gasteiger partial charge < -0.3 is 9.84 Å². The number of hydrogen-bond acceptors (Lipinski definition) is 3. The molecule has 0 atom stereocenters. The van der Waals surface area contributed by atoms with Crippen molar-refractivity contribution >= 4 is 32.3 Å². The van der Waals surface area contributed by atoms with Gasteiger partial charge in [0.15, 0.2) is 0 Å². The van der Waals surface area contributed by atoms with Gasteiger partial charge in [-0.25, -0.2) is 0 Å². The number of phenolic OH excluding ortho intramolecular Hbond substituents is 1. The van der Waals surface area contributed by atoms with Crippen molar-refractivity contribution < 1.29 is 9.84 Å². The maximum Gasteiger partial charge on any atom is 0.128 e. The molecule has 0 radical (unpaired) electrons. The van der Waals surface area contributed by atoms with Gasteiger partial charge in [0.05, 0.1) is 11.6 Å². The Balaban J connectivity index is 0.000000295. The normalized spacial score (nSPS) is 13.5. The van der Waals surface area contributed by atoms with Gasteiger partial charge in [0.1, 0.15) is 18.1 Å². The average Bonchev–Trinajstić information content (AvgIpc) is 3.12. The zero-order chi connectivity index (χ0) is 32.6. The lowest BCUT2D eigenvalue weighted by Crippen LogP contribution is -2.29. The van der Waals surface area contributed by atoms with E-state index in [2.05, 4.69) is 62.4 Å². The zero-order valence-corrected chi connectivity index (χ0v) is 27.8. The number of unbranched alkanes of at least 4 members (excludes halogenated alkanes) is 2. The van der Waals surface area contributed by atoms with Gasteiger partial charge in [-0.2, -0.15) is 5.26 Å². The van der Waals surface area contributed by atoms with Gasteiger partial charge in [0, 0.05) is 10.8 Å². The Hall–Kier alpha value is -4.81. The second kappa shape index (κ2) is 14.7. The summed E-state index contributed by atoms with van der Waals surface area (Å²) in [7, 11) is 0. The molecular formula is C44H45NO2. The first-order valence-corrected chi connectivity index (χ1v) is 17.3. The molecule has 238 valence electrons. The quantitative estimate of drug-likeness (QED) is 0.164. The number of benzene rings is 6. The van der Waals surface area contributed by atoms with Crippen LogP contribution in [0.3, 0.4) is 0 Å². The smallest absolute Gasteiger partial charge is 0.128 e. The van der Waals surface area contributed by atoms with Crippen molar-refractivity contribution in [3.63, 3.8) is 0 Å². The Labute approximate surface area is 279 Å². The summed E-state index contributed by atoms with van der Waals surface area (Å²) < 4.78 is 6.55. The van der Waals surface area contributed by atoms with E-state index in [1.54, 1.807) is 6.07 Å². The minimum Gasteiger partial charge on any atom is -0.507 e. The lowest BCUT2D eigenvalue weighted by molar-refractivity contribution is 0.193. The van der Waals surface area contributed by atoms with Gasteiger partial charge in [-0.3, -0.25) is 0 Å². The molecule has 0 aromatic heterocycles. The summed E-state index contributed by atoms with van der Waals surface area (Å²) in [5.41, 5.74) is 5.24. The van der Waals surface area contributed by atoms with Crippen molar-refractivity contribution in [2.24, 2.45) is 5.41 Å². The zero-order valence-electron chi connectivity index (χ0n) is 27.8. The molecule has 1 N–H and O–H groups in total. The van der Waals surface area contributed by atoms with Crippen LogP contribution in [0.25, 0.3) is 32.3 Å². The second-order valence-corrected chi connectivity index (χ2v) is 13.2. The number of nitriles is 1. The third-order valence-electron chi connectivity index (χ3n) is 10.0. The van der Waals surface area contributed by atoms with Crippen LogP contribution in [0.15, 0.2) is 109 Å². The number of aromatic hydroxyl groups is 1. The largest absolute Gasteiger partial charge is 0.507 e. The molecule has 0 fully saturated rings. The second-order valence-electron chi connectivity index (χ2n) is 13.2. The van der Waals surface area contributed by atoms with Gasteiger partial charge in [-0.15, -0.1) is 0 Å². The van der Waals surface area contributed by atoms with E-state index in [9.17, 15) is 5.11 Å². The third-order valence-corrected chi connectivity index (χ3v) is 10.0.